The number of Topliss-reactive ketones (excluding diaryl/α,β-unsaturated/α-hetero) is 1. The van der Waals surface area contributed by atoms with E-state index in [2.05, 4.69) is 5.92 Å². The molecule has 0 aromatic rings. The van der Waals surface area contributed by atoms with E-state index in [9.17, 15) is 4.79 Å². The minimum atomic E-state index is 0.252. The van der Waals surface area contributed by atoms with Crippen molar-refractivity contribution in [1.82, 2.24) is 0 Å². The van der Waals surface area contributed by atoms with E-state index in [1.165, 1.54) is 0 Å². The van der Waals surface area contributed by atoms with Crippen molar-refractivity contribution in [2.75, 3.05) is 0 Å². The summed E-state index contributed by atoms with van der Waals surface area (Å²) in [5.41, 5.74) is 0. The predicted octanol–water partition coefficient (Wildman–Crippen LogP) is 0.989. The number of carbonyl (C=O) groups is 1. The van der Waals surface area contributed by atoms with Crippen LogP contribution >= 0.6 is 0 Å². The van der Waals surface area contributed by atoms with Gasteiger partial charge in [0.1, 0.15) is 5.78 Å². The van der Waals surface area contributed by atoms with Gasteiger partial charge in [0.05, 0.1) is 0 Å². The monoisotopic (exact) mass is 108 g/mol. The number of carbonyl (C=O) groups excluding carboxylic acids is 1. The van der Waals surface area contributed by atoms with Crippen LogP contribution in [0.25, 0.3) is 0 Å². The molecule has 42 valence electrons. The molecular formula is C7H8O. The summed E-state index contributed by atoms with van der Waals surface area (Å²) in [6.07, 6.45) is 7.33. The van der Waals surface area contributed by atoms with Gasteiger partial charge >= 0.3 is 0 Å². The van der Waals surface area contributed by atoms with Crippen molar-refractivity contribution in [3.8, 4) is 12.3 Å². The second-order valence-corrected chi connectivity index (χ2v) is 2.15. The van der Waals surface area contributed by atoms with Gasteiger partial charge in [0.2, 0.25) is 0 Å². The Bertz CT molecular complexity index is 141. The largest absolute Gasteiger partial charge is 0.300 e. The molecule has 0 aromatic heterocycles. The van der Waals surface area contributed by atoms with Gasteiger partial charge in [-0.15, -0.1) is 12.3 Å². The van der Waals surface area contributed by atoms with Crippen LogP contribution in [0.1, 0.15) is 19.3 Å². The first-order valence-electron chi connectivity index (χ1n) is 2.81. The molecule has 8 heavy (non-hydrogen) atoms. The van der Waals surface area contributed by atoms with Crippen LogP contribution in [-0.4, -0.2) is 5.78 Å². The van der Waals surface area contributed by atoms with Crippen LogP contribution in [0.3, 0.4) is 0 Å². The molecule has 1 atom stereocenters. The highest BCUT2D eigenvalue weighted by atomic mass is 16.1. The van der Waals surface area contributed by atoms with E-state index >= 15 is 0 Å². The van der Waals surface area contributed by atoms with Crippen molar-refractivity contribution in [1.29, 1.82) is 0 Å². The minimum Gasteiger partial charge on any atom is -0.300 e. The molecule has 1 aliphatic carbocycles. The molecule has 1 nitrogen and oxygen atoms in total. The highest BCUT2D eigenvalue weighted by Crippen LogP contribution is 2.19. The van der Waals surface area contributed by atoms with Gasteiger partial charge < -0.3 is 0 Å². The van der Waals surface area contributed by atoms with Gasteiger partial charge in [-0.05, 0) is 6.42 Å². The third-order valence-corrected chi connectivity index (χ3v) is 1.48. The van der Waals surface area contributed by atoms with Gasteiger partial charge in [-0.3, -0.25) is 4.79 Å². The lowest BCUT2D eigenvalue weighted by atomic mass is 10.1. The highest BCUT2D eigenvalue weighted by Gasteiger charge is 2.18. The summed E-state index contributed by atoms with van der Waals surface area (Å²) < 4.78 is 0. The van der Waals surface area contributed by atoms with Gasteiger partial charge in [0.25, 0.3) is 0 Å². The van der Waals surface area contributed by atoms with Crippen LogP contribution < -0.4 is 0 Å². The number of rotatable bonds is 0. The van der Waals surface area contributed by atoms with E-state index in [4.69, 9.17) is 6.42 Å². The molecule has 0 radical (unpaired) electrons. The fourth-order valence-electron chi connectivity index (χ4n) is 0.956. The zero-order chi connectivity index (χ0) is 5.98. The summed E-state index contributed by atoms with van der Waals surface area (Å²) in [5.74, 6) is 3.15. The molecular weight excluding hydrogens is 100 g/mol. The van der Waals surface area contributed by atoms with Crippen LogP contribution in [0.5, 0.6) is 0 Å². The lowest BCUT2D eigenvalue weighted by molar-refractivity contribution is -0.117. The van der Waals surface area contributed by atoms with Gasteiger partial charge in [-0.2, -0.15) is 0 Å². The molecule has 1 aliphatic rings. The highest BCUT2D eigenvalue weighted by molar-refractivity contribution is 5.81. The van der Waals surface area contributed by atoms with Gasteiger partial charge in [0, 0.05) is 18.8 Å². The Morgan fingerprint density at radius 1 is 1.75 bits per heavy atom. The third kappa shape index (κ3) is 0.894. The van der Waals surface area contributed by atoms with Crippen molar-refractivity contribution in [2.45, 2.75) is 19.3 Å². The van der Waals surface area contributed by atoms with Crippen molar-refractivity contribution < 1.29 is 4.79 Å². The summed E-state index contributed by atoms with van der Waals surface area (Å²) in [6.45, 7) is 0. The molecule has 0 spiro atoms. The number of terminal acetylenes is 1. The van der Waals surface area contributed by atoms with Crippen molar-refractivity contribution >= 4 is 5.78 Å². The molecule has 0 amide bonds. The molecule has 1 fully saturated rings. The number of ketones is 1. The van der Waals surface area contributed by atoms with E-state index in [1.807, 2.05) is 0 Å². The Labute approximate surface area is 49.1 Å². The number of hydrogen-bond acceptors (Lipinski definition) is 1. The van der Waals surface area contributed by atoms with Crippen LogP contribution in [0.4, 0.5) is 0 Å². The molecule has 1 heteroatoms. The van der Waals surface area contributed by atoms with Crippen molar-refractivity contribution in [3.05, 3.63) is 0 Å². The maximum atomic E-state index is 10.5. The van der Waals surface area contributed by atoms with E-state index < -0.39 is 0 Å². The van der Waals surface area contributed by atoms with Gasteiger partial charge in [0.15, 0.2) is 0 Å². The standard InChI is InChI=1S/C7H8O/c1-2-6-3-4-7(8)5-6/h1,6H,3-5H2/t6-/m0/s1. The average molecular weight is 108 g/mol. The van der Waals surface area contributed by atoms with Gasteiger partial charge in [-0.1, -0.05) is 0 Å². The van der Waals surface area contributed by atoms with Crippen molar-refractivity contribution in [3.63, 3.8) is 0 Å². The van der Waals surface area contributed by atoms with E-state index in [0.29, 0.717) is 18.6 Å². The first-order chi connectivity index (χ1) is 3.83. The van der Waals surface area contributed by atoms with Crippen LogP contribution in [0, 0.1) is 18.3 Å². The Balaban J connectivity index is 2.47. The zero-order valence-electron chi connectivity index (χ0n) is 4.68. The van der Waals surface area contributed by atoms with Crippen LogP contribution in [0.2, 0.25) is 0 Å². The summed E-state index contributed by atoms with van der Waals surface area (Å²) in [7, 11) is 0. The lowest BCUT2D eigenvalue weighted by Crippen LogP contribution is -1.89. The maximum absolute atomic E-state index is 10.5. The quantitative estimate of drug-likeness (QED) is 0.423. The summed E-state index contributed by atoms with van der Waals surface area (Å²) in [6, 6.07) is 0. The Morgan fingerprint density at radius 2 is 2.50 bits per heavy atom. The van der Waals surface area contributed by atoms with Gasteiger partial charge in [-0.25, -0.2) is 0 Å². The Kier molecular flexibility index (Phi) is 1.34. The Hall–Kier alpha value is -0.770. The molecule has 0 bridgehead atoms. The van der Waals surface area contributed by atoms with E-state index in [-0.39, 0.29) is 5.92 Å². The SMILES string of the molecule is C#C[C@H]1CCC(=O)C1. The minimum absolute atomic E-state index is 0.252. The fraction of sp³-hybridized carbons (Fsp3) is 0.571. The average Bonchev–Trinajstić information content (AvgIpc) is 2.14. The third-order valence-electron chi connectivity index (χ3n) is 1.48. The molecule has 0 aliphatic heterocycles. The molecule has 0 unspecified atom stereocenters. The molecule has 0 saturated heterocycles. The van der Waals surface area contributed by atoms with E-state index in [1.54, 1.807) is 0 Å². The Morgan fingerprint density at radius 3 is 2.75 bits per heavy atom. The van der Waals surface area contributed by atoms with E-state index in [0.717, 1.165) is 6.42 Å². The second-order valence-electron chi connectivity index (χ2n) is 2.15. The smallest absolute Gasteiger partial charge is 0.134 e. The number of hydrogen-bond donors (Lipinski definition) is 0. The second kappa shape index (κ2) is 2.00. The summed E-state index contributed by atoms with van der Waals surface area (Å²) in [4.78, 5) is 10.5. The molecule has 0 heterocycles. The van der Waals surface area contributed by atoms with Crippen molar-refractivity contribution in [2.24, 2.45) is 5.92 Å². The first kappa shape index (κ1) is 5.37. The first-order valence-corrected chi connectivity index (χ1v) is 2.81. The topological polar surface area (TPSA) is 17.1 Å². The summed E-state index contributed by atoms with van der Waals surface area (Å²) in [5, 5.41) is 0. The molecule has 1 saturated carbocycles. The molecule has 0 aromatic carbocycles. The zero-order valence-corrected chi connectivity index (χ0v) is 4.68. The fourth-order valence-corrected chi connectivity index (χ4v) is 0.956. The lowest BCUT2D eigenvalue weighted by Gasteiger charge is -1.90. The van der Waals surface area contributed by atoms with Crippen LogP contribution in [-0.2, 0) is 4.79 Å². The normalized spacial score (nSPS) is 27.9. The molecule has 0 N–H and O–H groups in total. The summed E-state index contributed by atoms with van der Waals surface area (Å²) >= 11 is 0. The predicted molar refractivity (Wildman–Crippen MR) is 31.2 cm³/mol. The molecule has 1 rings (SSSR count). The van der Waals surface area contributed by atoms with Crippen LogP contribution in [0.15, 0.2) is 0 Å². The maximum Gasteiger partial charge on any atom is 0.134 e.